The Hall–Kier alpha value is -1.87. The van der Waals surface area contributed by atoms with Gasteiger partial charge < -0.3 is 4.52 Å². The highest BCUT2D eigenvalue weighted by molar-refractivity contribution is 9.10. The SMILES string of the molecule is Brc1ccc(-c2cnoc2-c2ccccc2)cc1. The molecule has 0 N–H and O–H groups in total. The van der Waals surface area contributed by atoms with E-state index in [1.807, 2.05) is 54.6 Å². The molecular weight excluding hydrogens is 290 g/mol. The Morgan fingerprint density at radius 2 is 1.56 bits per heavy atom. The fourth-order valence-corrected chi connectivity index (χ4v) is 2.14. The summed E-state index contributed by atoms with van der Waals surface area (Å²) >= 11 is 3.43. The quantitative estimate of drug-likeness (QED) is 0.681. The number of benzene rings is 2. The van der Waals surface area contributed by atoms with Gasteiger partial charge in [0.25, 0.3) is 0 Å². The van der Waals surface area contributed by atoms with Gasteiger partial charge in [-0.3, -0.25) is 0 Å². The molecule has 0 aliphatic rings. The molecule has 1 aromatic heterocycles. The summed E-state index contributed by atoms with van der Waals surface area (Å²) in [5.74, 6) is 0.804. The van der Waals surface area contributed by atoms with E-state index in [1.54, 1.807) is 6.20 Å². The van der Waals surface area contributed by atoms with Crippen LogP contribution >= 0.6 is 15.9 Å². The largest absolute Gasteiger partial charge is 0.356 e. The Labute approximate surface area is 113 Å². The van der Waals surface area contributed by atoms with Crippen molar-refractivity contribution in [1.82, 2.24) is 5.16 Å². The molecule has 0 fully saturated rings. The molecule has 0 bridgehead atoms. The van der Waals surface area contributed by atoms with Crippen LogP contribution < -0.4 is 0 Å². The van der Waals surface area contributed by atoms with Crippen LogP contribution in [0.5, 0.6) is 0 Å². The van der Waals surface area contributed by atoms with E-state index in [-0.39, 0.29) is 0 Å². The second kappa shape index (κ2) is 4.78. The van der Waals surface area contributed by atoms with Gasteiger partial charge in [0.1, 0.15) is 0 Å². The van der Waals surface area contributed by atoms with Crippen LogP contribution in [0.1, 0.15) is 0 Å². The lowest BCUT2D eigenvalue weighted by molar-refractivity contribution is 0.432. The van der Waals surface area contributed by atoms with Gasteiger partial charge in [0.15, 0.2) is 5.76 Å². The zero-order valence-electron chi connectivity index (χ0n) is 9.51. The molecule has 0 saturated heterocycles. The zero-order valence-corrected chi connectivity index (χ0v) is 11.1. The first-order valence-corrected chi connectivity index (χ1v) is 6.40. The Balaban J connectivity index is 2.10. The molecule has 0 radical (unpaired) electrons. The lowest BCUT2D eigenvalue weighted by Crippen LogP contribution is -1.79. The Morgan fingerprint density at radius 3 is 2.28 bits per heavy atom. The lowest BCUT2D eigenvalue weighted by Gasteiger charge is -2.01. The Bertz CT molecular complexity index is 644. The summed E-state index contributed by atoms with van der Waals surface area (Å²) in [6.45, 7) is 0. The van der Waals surface area contributed by atoms with E-state index < -0.39 is 0 Å². The minimum absolute atomic E-state index is 0.804. The van der Waals surface area contributed by atoms with Crippen molar-refractivity contribution in [2.24, 2.45) is 0 Å². The molecule has 3 aromatic rings. The molecule has 0 saturated carbocycles. The summed E-state index contributed by atoms with van der Waals surface area (Å²) in [7, 11) is 0. The molecule has 0 aliphatic heterocycles. The third-order valence-corrected chi connectivity index (χ3v) is 3.29. The first-order chi connectivity index (χ1) is 8.84. The first-order valence-electron chi connectivity index (χ1n) is 5.60. The van der Waals surface area contributed by atoms with Gasteiger partial charge in [-0.15, -0.1) is 0 Å². The standard InChI is InChI=1S/C15H10BrNO/c16-13-8-6-11(7-9-13)14-10-17-18-15(14)12-4-2-1-3-5-12/h1-10H. The topological polar surface area (TPSA) is 26.0 Å². The predicted octanol–water partition coefficient (Wildman–Crippen LogP) is 4.77. The maximum atomic E-state index is 5.37. The van der Waals surface area contributed by atoms with Crippen molar-refractivity contribution >= 4 is 15.9 Å². The summed E-state index contributed by atoms with van der Waals surface area (Å²) in [4.78, 5) is 0. The van der Waals surface area contributed by atoms with Gasteiger partial charge in [-0.2, -0.15) is 0 Å². The molecule has 0 unspecified atom stereocenters. The van der Waals surface area contributed by atoms with E-state index in [2.05, 4.69) is 21.1 Å². The number of halogens is 1. The average Bonchev–Trinajstić information content (AvgIpc) is 2.90. The number of hydrogen-bond acceptors (Lipinski definition) is 2. The van der Waals surface area contributed by atoms with Crippen molar-refractivity contribution in [2.45, 2.75) is 0 Å². The highest BCUT2D eigenvalue weighted by atomic mass is 79.9. The average molecular weight is 300 g/mol. The molecule has 18 heavy (non-hydrogen) atoms. The number of aromatic nitrogens is 1. The molecule has 3 rings (SSSR count). The summed E-state index contributed by atoms with van der Waals surface area (Å²) < 4.78 is 6.43. The van der Waals surface area contributed by atoms with Crippen LogP contribution in [0.25, 0.3) is 22.5 Å². The van der Waals surface area contributed by atoms with E-state index in [0.29, 0.717) is 0 Å². The van der Waals surface area contributed by atoms with Crippen molar-refractivity contribution in [2.75, 3.05) is 0 Å². The molecule has 88 valence electrons. The molecule has 0 spiro atoms. The van der Waals surface area contributed by atoms with Crippen LogP contribution in [-0.2, 0) is 0 Å². The summed E-state index contributed by atoms with van der Waals surface area (Å²) in [6.07, 6.45) is 1.76. The van der Waals surface area contributed by atoms with Crippen molar-refractivity contribution < 1.29 is 4.52 Å². The van der Waals surface area contributed by atoms with E-state index in [0.717, 1.165) is 26.9 Å². The maximum Gasteiger partial charge on any atom is 0.174 e. The fourth-order valence-electron chi connectivity index (χ4n) is 1.87. The van der Waals surface area contributed by atoms with Gasteiger partial charge in [0.05, 0.1) is 6.20 Å². The third-order valence-electron chi connectivity index (χ3n) is 2.76. The Kier molecular flexibility index (Phi) is 2.99. The van der Waals surface area contributed by atoms with Gasteiger partial charge in [-0.1, -0.05) is 63.6 Å². The second-order valence-electron chi connectivity index (χ2n) is 3.94. The van der Waals surface area contributed by atoms with Gasteiger partial charge in [0, 0.05) is 15.6 Å². The van der Waals surface area contributed by atoms with E-state index >= 15 is 0 Å². The highest BCUT2D eigenvalue weighted by Gasteiger charge is 2.11. The third kappa shape index (κ3) is 2.09. The summed E-state index contributed by atoms with van der Waals surface area (Å²) in [5.41, 5.74) is 3.14. The number of hydrogen-bond donors (Lipinski definition) is 0. The van der Waals surface area contributed by atoms with E-state index in [4.69, 9.17) is 4.52 Å². The van der Waals surface area contributed by atoms with Crippen molar-refractivity contribution in [3.05, 3.63) is 65.3 Å². The van der Waals surface area contributed by atoms with E-state index in [1.165, 1.54) is 0 Å². The van der Waals surface area contributed by atoms with Crippen LogP contribution in [0.4, 0.5) is 0 Å². The molecule has 2 nitrogen and oxygen atoms in total. The van der Waals surface area contributed by atoms with Crippen molar-refractivity contribution in [3.8, 4) is 22.5 Å². The van der Waals surface area contributed by atoms with Gasteiger partial charge >= 0.3 is 0 Å². The monoisotopic (exact) mass is 299 g/mol. The normalized spacial score (nSPS) is 10.5. The van der Waals surface area contributed by atoms with Crippen LogP contribution in [0.3, 0.4) is 0 Å². The van der Waals surface area contributed by atoms with Gasteiger partial charge in [0.2, 0.25) is 0 Å². The maximum absolute atomic E-state index is 5.37. The van der Waals surface area contributed by atoms with Gasteiger partial charge in [-0.25, -0.2) is 0 Å². The molecular formula is C15H10BrNO. The van der Waals surface area contributed by atoms with Gasteiger partial charge in [-0.05, 0) is 17.7 Å². The molecule has 1 heterocycles. The minimum Gasteiger partial charge on any atom is -0.356 e. The predicted molar refractivity (Wildman–Crippen MR) is 75.1 cm³/mol. The fraction of sp³-hybridized carbons (Fsp3) is 0. The molecule has 3 heteroatoms. The van der Waals surface area contributed by atoms with Crippen LogP contribution in [0.2, 0.25) is 0 Å². The minimum atomic E-state index is 0.804. The zero-order chi connectivity index (χ0) is 12.4. The Morgan fingerprint density at radius 1 is 0.833 bits per heavy atom. The molecule has 0 aliphatic carbocycles. The highest BCUT2D eigenvalue weighted by Crippen LogP contribution is 2.32. The molecule has 0 atom stereocenters. The smallest absolute Gasteiger partial charge is 0.174 e. The lowest BCUT2D eigenvalue weighted by atomic mass is 10.0. The van der Waals surface area contributed by atoms with Crippen LogP contribution in [0, 0.1) is 0 Å². The summed E-state index contributed by atoms with van der Waals surface area (Å²) in [6, 6.07) is 18.1. The summed E-state index contributed by atoms with van der Waals surface area (Å²) in [5, 5.41) is 3.91. The number of nitrogens with zero attached hydrogens (tertiary/aromatic N) is 1. The second-order valence-corrected chi connectivity index (χ2v) is 4.86. The number of rotatable bonds is 2. The first kappa shape index (κ1) is 11.2. The van der Waals surface area contributed by atoms with E-state index in [9.17, 15) is 0 Å². The van der Waals surface area contributed by atoms with Crippen molar-refractivity contribution in [1.29, 1.82) is 0 Å². The van der Waals surface area contributed by atoms with Crippen LogP contribution in [-0.4, -0.2) is 5.16 Å². The van der Waals surface area contributed by atoms with Crippen LogP contribution in [0.15, 0.2) is 69.8 Å². The van der Waals surface area contributed by atoms with Crippen molar-refractivity contribution in [3.63, 3.8) is 0 Å². The molecule has 0 amide bonds. The molecule has 2 aromatic carbocycles.